The average Bonchev–Trinajstić information content (AvgIpc) is 3.93. The number of benzene rings is 10. The summed E-state index contributed by atoms with van der Waals surface area (Å²) in [6, 6.07) is 63.6. The van der Waals surface area contributed by atoms with Gasteiger partial charge in [0.2, 0.25) is 0 Å². The van der Waals surface area contributed by atoms with E-state index in [-0.39, 0.29) is 11.8 Å². The fourth-order valence-electron chi connectivity index (χ4n) is 10.4. The lowest BCUT2D eigenvalue weighted by molar-refractivity contribution is 0.668. The number of fused-ring (bicyclic) bond motifs is 6. The van der Waals surface area contributed by atoms with Crippen molar-refractivity contribution in [1.82, 2.24) is 0 Å². The number of furan rings is 2. The zero-order valence-corrected chi connectivity index (χ0v) is 36.9. The molecule has 0 amide bonds. The number of para-hydroxylation sites is 2. The standard InChI is InChI=1S/C60H42N4O2/c1-35(2)47-31-51(63(39-23-19-37(33-61)20-24-39)49-13-9-17-55-59(49)45-11-5-7-15-53(45)65-55)43-30-28-42-48(36(3)4)32-52(44-29-27-41(47)57(43)58(42)44)64(40-25-21-38(34-62)22-26-40)50-14-10-18-56-60(50)46-12-6-8-16-54(46)66-56/h5-32,35-36H,1-4H3. The number of hydrogen-bond acceptors (Lipinski definition) is 6. The van der Waals surface area contributed by atoms with Crippen molar-refractivity contribution in [2.45, 2.75) is 39.5 Å². The molecule has 2 aromatic heterocycles. The molecule has 0 radical (unpaired) electrons. The zero-order chi connectivity index (χ0) is 44.8. The molecule has 0 atom stereocenters. The third-order valence-corrected chi connectivity index (χ3v) is 13.4. The molecule has 2 heterocycles. The van der Waals surface area contributed by atoms with Crippen molar-refractivity contribution < 1.29 is 8.83 Å². The molecule has 0 saturated heterocycles. The lowest BCUT2D eigenvalue weighted by Crippen LogP contribution is -2.13. The molecule has 0 unspecified atom stereocenters. The van der Waals surface area contributed by atoms with E-state index in [1.165, 1.54) is 32.7 Å². The molecule has 10 aromatic carbocycles. The summed E-state index contributed by atoms with van der Waals surface area (Å²) >= 11 is 0. The summed E-state index contributed by atoms with van der Waals surface area (Å²) in [6.07, 6.45) is 0. The molecule has 6 nitrogen and oxygen atoms in total. The number of rotatable bonds is 8. The number of hydrogen-bond donors (Lipinski definition) is 0. The molecule has 0 aliphatic carbocycles. The third kappa shape index (κ3) is 5.86. The van der Waals surface area contributed by atoms with E-state index in [0.29, 0.717) is 11.1 Å². The predicted molar refractivity (Wildman–Crippen MR) is 272 cm³/mol. The topological polar surface area (TPSA) is 80.3 Å². The normalized spacial score (nSPS) is 11.9. The van der Waals surface area contributed by atoms with Crippen LogP contribution in [0.15, 0.2) is 179 Å². The van der Waals surface area contributed by atoms with Crippen LogP contribution in [-0.2, 0) is 0 Å². The Balaban J connectivity index is 1.22. The van der Waals surface area contributed by atoms with Crippen molar-refractivity contribution in [3.63, 3.8) is 0 Å². The molecule has 6 heteroatoms. The van der Waals surface area contributed by atoms with Crippen LogP contribution in [0.5, 0.6) is 0 Å². The molecular formula is C60H42N4O2. The summed E-state index contributed by atoms with van der Waals surface area (Å²) in [6.45, 7) is 9.11. The Hall–Kier alpha value is -8.58. The van der Waals surface area contributed by atoms with E-state index in [1.807, 2.05) is 60.7 Å². The maximum absolute atomic E-state index is 9.91. The predicted octanol–water partition coefficient (Wildman–Crippen LogP) is 17.3. The first-order chi connectivity index (χ1) is 32.3. The summed E-state index contributed by atoms with van der Waals surface area (Å²) in [4.78, 5) is 4.72. The Labute approximate surface area is 381 Å². The second-order valence-electron chi connectivity index (χ2n) is 17.8. The second kappa shape index (κ2) is 15.0. The summed E-state index contributed by atoms with van der Waals surface area (Å²) in [5, 5.41) is 31.0. The van der Waals surface area contributed by atoms with Gasteiger partial charge in [-0.25, -0.2) is 0 Å². The van der Waals surface area contributed by atoms with Crippen LogP contribution in [0.3, 0.4) is 0 Å². The molecule has 0 aliphatic heterocycles. The minimum Gasteiger partial charge on any atom is -0.456 e. The van der Waals surface area contributed by atoms with Gasteiger partial charge in [-0.1, -0.05) is 100 Å². The van der Waals surface area contributed by atoms with E-state index in [4.69, 9.17) is 8.83 Å². The lowest BCUT2D eigenvalue weighted by atomic mass is 9.84. The quantitative estimate of drug-likeness (QED) is 0.142. The van der Waals surface area contributed by atoms with Crippen molar-refractivity contribution >= 4 is 110 Å². The summed E-state index contributed by atoms with van der Waals surface area (Å²) in [5.74, 6) is 0.376. The maximum Gasteiger partial charge on any atom is 0.137 e. The molecule has 314 valence electrons. The van der Waals surface area contributed by atoms with Crippen molar-refractivity contribution in [1.29, 1.82) is 10.5 Å². The van der Waals surface area contributed by atoms with E-state index < -0.39 is 0 Å². The van der Waals surface area contributed by atoms with E-state index in [9.17, 15) is 10.5 Å². The minimum absolute atomic E-state index is 0.188. The van der Waals surface area contributed by atoms with Gasteiger partial charge >= 0.3 is 0 Å². The summed E-state index contributed by atoms with van der Waals surface area (Å²) in [7, 11) is 0. The van der Waals surface area contributed by atoms with Gasteiger partial charge < -0.3 is 18.6 Å². The SMILES string of the molecule is CC(C)c1cc(N(c2ccc(C#N)cc2)c2cccc3oc4ccccc4c23)c2ccc3c(C(C)C)cc(N(c4ccc(C#N)cc4)c4cccc5oc6ccccc6c45)c4ccc1c2c34. The fourth-order valence-corrected chi connectivity index (χ4v) is 10.4. The summed E-state index contributed by atoms with van der Waals surface area (Å²) < 4.78 is 13.0. The van der Waals surface area contributed by atoms with Crippen LogP contribution in [0.2, 0.25) is 0 Å². The van der Waals surface area contributed by atoms with Crippen molar-refractivity contribution in [3.8, 4) is 12.1 Å². The van der Waals surface area contributed by atoms with Crippen LogP contribution in [0.1, 0.15) is 61.8 Å². The monoisotopic (exact) mass is 850 g/mol. The van der Waals surface area contributed by atoms with Gasteiger partial charge in [0.1, 0.15) is 22.3 Å². The van der Waals surface area contributed by atoms with Gasteiger partial charge in [-0.05, 0) is 142 Å². The van der Waals surface area contributed by atoms with E-state index in [1.54, 1.807) is 0 Å². The molecule has 0 fully saturated rings. The van der Waals surface area contributed by atoms with Crippen molar-refractivity contribution in [3.05, 3.63) is 192 Å². The van der Waals surface area contributed by atoms with E-state index in [2.05, 4.69) is 159 Å². The highest BCUT2D eigenvalue weighted by atomic mass is 16.3. The Morgan fingerprint density at radius 2 is 0.742 bits per heavy atom. The highest BCUT2D eigenvalue weighted by Gasteiger charge is 2.28. The molecule has 0 aliphatic rings. The van der Waals surface area contributed by atoms with E-state index in [0.717, 1.165) is 88.8 Å². The van der Waals surface area contributed by atoms with Gasteiger partial charge in [-0.2, -0.15) is 10.5 Å². The Kier molecular flexibility index (Phi) is 8.88. The molecule has 0 spiro atoms. The van der Waals surface area contributed by atoms with Crippen LogP contribution in [0.4, 0.5) is 34.1 Å². The van der Waals surface area contributed by atoms with Crippen LogP contribution in [-0.4, -0.2) is 0 Å². The molecule has 0 saturated carbocycles. The van der Waals surface area contributed by atoms with Crippen molar-refractivity contribution in [2.75, 3.05) is 9.80 Å². The highest BCUT2D eigenvalue weighted by molar-refractivity contribution is 6.30. The number of nitrogens with zero attached hydrogens (tertiary/aromatic N) is 4. The fraction of sp³-hybridized carbons (Fsp3) is 0.100. The van der Waals surface area contributed by atoms with Gasteiger partial charge in [-0.15, -0.1) is 0 Å². The highest BCUT2D eigenvalue weighted by Crippen LogP contribution is 2.53. The van der Waals surface area contributed by atoms with Gasteiger partial charge in [0.05, 0.1) is 56.8 Å². The third-order valence-electron chi connectivity index (χ3n) is 13.4. The first-order valence-electron chi connectivity index (χ1n) is 22.5. The van der Waals surface area contributed by atoms with Crippen molar-refractivity contribution in [2.24, 2.45) is 0 Å². The largest absolute Gasteiger partial charge is 0.456 e. The van der Waals surface area contributed by atoms with Gasteiger partial charge in [0.15, 0.2) is 0 Å². The average molecular weight is 851 g/mol. The second-order valence-corrected chi connectivity index (χ2v) is 17.8. The number of anilines is 6. The molecule has 0 N–H and O–H groups in total. The molecule has 66 heavy (non-hydrogen) atoms. The first-order valence-corrected chi connectivity index (χ1v) is 22.5. The Bertz CT molecular complexity index is 3710. The molecular weight excluding hydrogens is 809 g/mol. The molecule has 12 rings (SSSR count). The van der Waals surface area contributed by atoms with Crippen LogP contribution in [0.25, 0.3) is 76.2 Å². The van der Waals surface area contributed by atoms with Crippen LogP contribution < -0.4 is 9.80 Å². The van der Waals surface area contributed by atoms with E-state index >= 15 is 0 Å². The smallest absolute Gasteiger partial charge is 0.137 e. The Morgan fingerprint density at radius 1 is 0.364 bits per heavy atom. The lowest BCUT2D eigenvalue weighted by Gasteiger charge is -2.32. The zero-order valence-electron chi connectivity index (χ0n) is 36.9. The van der Waals surface area contributed by atoms with Crippen LogP contribution in [0, 0.1) is 22.7 Å². The number of nitriles is 2. The Morgan fingerprint density at radius 3 is 1.14 bits per heavy atom. The van der Waals surface area contributed by atoms with Gasteiger partial charge in [0, 0.05) is 32.9 Å². The van der Waals surface area contributed by atoms with Gasteiger partial charge in [0.25, 0.3) is 0 Å². The van der Waals surface area contributed by atoms with Gasteiger partial charge in [-0.3, -0.25) is 0 Å². The summed E-state index contributed by atoms with van der Waals surface area (Å²) in [5.41, 5.74) is 12.9. The molecule has 12 aromatic rings. The maximum atomic E-state index is 9.91. The minimum atomic E-state index is 0.188. The molecule has 0 bridgehead atoms. The first kappa shape index (κ1) is 39.0. The van der Waals surface area contributed by atoms with Crippen LogP contribution >= 0.6 is 0 Å².